The number of amides is 1. The third kappa shape index (κ3) is 4.29. The van der Waals surface area contributed by atoms with E-state index in [2.05, 4.69) is 4.90 Å². The molecule has 4 nitrogen and oxygen atoms in total. The highest BCUT2D eigenvalue weighted by Crippen LogP contribution is 2.39. The molecule has 6 heteroatoms. The van der Waals surface area contributed by atoms with Crippen LogP contribution in [0.25, 0.3) is 0 Å². The Morgan fingerprint density at radius 1 is 1.32 bits per heavy atom. The number of ether oxygens (including phenoxy) is 1. The summed E-state index contributed by atoms with van der Waals surface area (Å²) in [4.78, 5) is 16.5. The number of carbonyl (C=O) groups is 1. The summed E-state index contributed by atoms with van der Waals surface area (Å²) in [6.45, 7) is 4.23. The SMILES string of the molecule is COc1ccc(F)c(CN2CCC[C@]3(CCN(C(=O)CSC)C3)C2)c1. The highest BCUT2D eigenvalue weighted by molar-refractivity contribution is 7.99. The van der Waals surface area contributed by atoms with Crippen molar-refractivity contribution >= 4 is 17.7 Å². The molecule has 138 valence electrons. The summed E-state index contributed by atoms with van der Waals surface area (Å²) >= 11 is 1.58. The number of likely N-dealkylation sites (tertiary alicyclic amines) is 2. The smallest absolute Gasteiger partial charge is 0.232 e. The van der Waals surface area contributed by atoms with E-state index < -0.39 is 0 Å². The van der Waals surface area contributed by atoms with Gasteiger partial charge in [-0.2, -0.15) is 11.8 Å². The first kappa shape index (κ1) is 18.5. The first-order valence-corrected chi connectivity index (χ1v) is 10.3. The van der Waals surface area contributed by atoms with Crippen LogP contribution in [-0.2, 0) is 11.3 Å². The standard InChI is InChI=1S/C19H27FN2O2S/c1-24-16-4-5-17(20)15(10-16)11-21-8-3-6-19(13-21)7-9-22(14-19)18(23)12-25-2/h4-5,10H,3,6-9,11-14H2,1-2H3/t19-/m0/s1. The zero-order valence-corrected chi connectivity index (χ0v) is 15.9. The summed E-state index contributed by atoms with van der Waals surface area (Å²) < 4.78 is 19.4. The molecular formula is C19H27FN2O2S. The van der Waals surface area contributed by atoms with Crippen molar-refractivity contribution in [2.45, 2.75) is 25.8 Å². The molecule has 2 aliphatic rings. The third-order valence-electron chi connectivity index (χ3n) is 5.45. The van der Waals surface area contributed by atoms with Crippen LogP contribution in [0.15, 0.2) is 18.2 Å². The number of thioether (sulfide) groups is 1. The van der Waals surface area contributed by atoms with Crippen LogP contribution >= 0.6 is 11.8 Å². The lowest BCUT2D eigenvalue weighted by Crippen LogP contribution is -2.45. The Labute approximate surface area is 153 Å². The van der Waals surface area contributed by atoms with Gasteiger partial charge in [0.1, 0.15) is 11.6 Å². The van der Waals surface area contributed by atoms with Gasteiger partial charge in [0.2, 0.25) is 5.91 Å². The molecule has 3 rings (SSSR count). The van der Waals surface area contributed by atoms with Crippen molar-refractivity contribution in [1.29, 1.82) is 0 Å². The fraction of sp³-hybridized carbons (Fsp3) is 0.632. The summed E-state index contributed by atoms with van der Waals surface area (Å²) in [5, 5.41) is 0. The van der Waals surface area contributed by atoms with Gasteiger partial charge in [0.25, 0.3) is 0 Å². The van der Waals surface area contributed by atoms with Crippen LogP contribution in [0, 0.1) is 11.2 Å². The van der Waals surface area contributed by atoms with E-state index in [1.165, 1.54) is 6.07 Å². The van der Waals surface area contributed by atoms with E-state index in [9.17, 15) is 9.18 Å². The topological polar surface area (TPSA) is 32.8 Å². The van der Waals surface area contributed by atoms with Gasteiger partial charge in [-0.3, -0.25) is 9.69 Å². The minimum atomic E-state index is -0.177. The Bertz CT molecular complexity index is 627. The van der Waals surface area contributed by atoms with Crippen molar-refractivity contribution in [2.24, 2.45) is 5.41 Å². The fourth-order valence-electron chi connectivity index (χ4n) is 4.18. The van der Waals surface area contributed by atoms with Gasteiger partial charge in [-0.25, -0.2) is 4.39 Å². The lowest BCUT2D eigenvalue weighted by Gasteiger charge is -2.40. The van der Waals surface area contributed by atoms with Gasteiger partial charge in [-0.05, 0) is 50.3 Å². The number of carbonyl (C=O) groups excluding carboxylic acids is 1. The largest absolute Gasteiger partial charge is 0.497 e. The molecule has 0 saturated carbocycles. The maximum absolute atomic E-state index is 14.1. The number of methoxy groups -OCH3 is 1. The quantitative estimate of drug-likeness (QED) is 0.802. The van der Waals surface area contributed by atoms with Crippen LogP contribution in [0.2, 0.25) is 0 Å². The number of benzene rings is 1. The molecule has 2 fully saturated rings. The molecule has 2 aliphatic heterocycles. The lowest BCUT2D eigenvalue weighted by atomic mass is 9.79. The first-order valence-electron chi connectivity index (χ1n) is 8.87. The van der Waals surface area contributed by atoms with Gasteiger partial charge in [-0.15, -0.1) is 0 Å². The first-order chi connectivity index (χ1) is 12.0. The second-order valence-corrected chi connectivity index (χ2v) is 8.14. The van der Waals surface area contributed by atoms with E-state index >= 15 is 0 Å². The fourth-order valence-corrected chi connectivity index (χ4v) is 4.61. The second-order valence-electron chi connectivity index (χ2n) is 7.27. The van der Waals surface area contributed by atoms with Crippen LogP contribution in [0.4, 0.5) is 4.39 Å². The Balaban J connectivity index is 1.65. The van der Waals surface area contributed by atoms with E-state index in [0.717, 1.165) is 45.4 Å². The maximum Gasteiger partial charge on any atom is 0.232 e. The summed E-state index contributed by atoms with van der Waals surface area (Å²) in [5.41, 5.74) is 0.867. The number of hydrogen-bond donors (Lipinski definition) is 0. The highest BCUT2D eigenvalue weighted by atomic mass is 32.2. The molecule has 1 atom stereocenters. The highest BCUT2D eigenvalue weighted by Gasteiger charge is 2.42. The van der Waals surface area contributed by atoms with E-state index in [1.54, 1.807) is 31.0 Å². The van der Waals surface area contributed by atoms with Crippen molar-refractivity contribution < 1.29 is 13.9 Å². The third-order valence-corrected chi connectivity index (χ3v) is 5.98. The van der Waals surface area contributed by atoms with Crippen LogP contribution < -0.4 is 4.74 Å². The van der Waals surface area contributed by atoms with Crippen LogP contribution in [0.1, 0.15) is 24.8 Å². The summed E-state index contributed by atoms with van der Waals surface area (Å²) in [6, 6.07) is 4.93. The normalized spacial score (nSPS) is 24.0. The van der Waals surface area contributed by atoms with Crippen molar-refractivity contribution in [2.75, 3.05) is 45.3 Å². The Hall–Kier alpha value is -1.27. The van der Waals surface area contributed by atoms with Crippen LogP contribution in [-0.4, -0.2) is 61.0 Å². The molecule has 2 heterocycles. The molecule has 0 unspecified atom stereocenters. The van der Waals surface area contributed by atoms with Gasteiger partial charge in [-0.1, -0.05) is 0 Å². The van der Waals surface area contributed by atoms with Crippen molar-refractivity contribution in [3.8, 4) is 5.75 Å². The van der Waals surface area contributed by atoms with E-state index in [0.29, 0.717) is 23.6 Å². The number of rotatable bonds is 5. The van der Waals surface area contributed by atoms with E-state index in [1.807, 2.05) is 11.2 Å². The van der Waals surface area contributed by atoms with E-state index in [4.69, 9.17) is 4.74 Å². The predicted octanol–water partition coefficient (Wildman–Crippen LogP) is 3.01. The van der Waals surface area contributed by atoms with Gasteiger partial charge in [0, 0.05) is 37.2 Å². The molecule has 1 aromatic rings. The number of nitrogens with zero attached hydrogens (tertiary/aromatic N) is 2. The lowest BCUT2D eigenvalue weighted by molar-refractivity contribution is -0.127. The molecule has 25 heavy (non-hydrogen) atoms. The Kier molecular flexibility index (Phi) is 5.89. The predicted molar refractivity (Wildman–Crippen MR) is 99.5 cm³/mol. The minimum absolute atomic E-state index is 0.177. The van der Waals surface area contributed by atoms with Crippen molar-refractivity contribution in [1.82, 2.24) is 9.80 Å². The zero-order chi connectivity index (χ0) is 17.9. The number of piperidine rings is 1. The average Bonchev–Trinajstić information content (AvgIpc) is 3.00. The second kappa shape index (κ2) is 7.96. The Morgan fingerprint density at radius 2 is 2.16 bits per heavy atom. The summed E-state index contributed by atoms with van der Waals surface area (Å²) in [7, 11) is 1.60. The van der Waals surface area contributed by atoms with Gasteiger partial charge in [0.15, 0.2) is 0 Å². The van der Waals surface area contributed by atoms with Crippen molar-refractivity contribution in [3.63, 3.8) is 0 Å². The molecule has 0 bridgehead atoms. The molecule has 0 aliphatic carbocycles. The zero-order valence-electron chi connectivity index (χ0n) is 15.1. The molecule has 2 saturated heterocycles. The molecule has 0 radical (unpaired) electrons. The van der Waals surface area contributed by atoms with Crippen LogP contribution in [0.3, 0.4) is 0 Å². The van der Waals surface area contributed by atoms with Gasteiger partial charge in [0.05, 0.1) is 12.9 Å². The number of hydrogen-bond acceptors (Lipinski definition) is 4. The summed E-state index contributed by atoms with van der Waals surface area (Å²) in [6.07, 6.45) is 5.29. The van der Waals surface area contributed by atoms with Crippen molar-refractivity contribution in [3.05, 3.63) is 29.6 Å². The molecule has 1 amide bonds. The van der Waals surface area contributed by atoms with Crippen LogP contribution in [0.5, 0.6) is 5.75 Å². The molecular weight excluding hydrogens is 339 g/mol. The maximum atomic E-state index is 14.1. The monoisotopic (exact) mass is 366 g/mol. The molecule has 0 aromatic heterocycles. The minimum Gasteiger partial charge on any atom is -0.497 e. The van der Waals surface area contributed by atoms with E-state index in [-0.39, 0.29) is 17.1 Å². The van der Waals surface area contributed by atoms with Gasteiger partial charge >= 0.3 is 0 Å². The molecule has 1 spiro atoms. The molecule has 1 aromatic carbocycles. The average molecular weight is 367 g/mol. The summed E-state index contributed by atoms with van der Waals surface area (Å²) in [5.74, 6) is 1.33. The van der Waals surface area contributed by atoms with Gasteiger partial charge < -0.3 is 9.64 Å². The Morgan fingerprint density at radius 3 is 2.92 bits per heavy atom. The molecule has 0 N–H and O–H groups in total. The number of halogens is 1.